The van der Waals surface area contributed by atoms with Crippen LogP contribution in [-0.2, 0) is 35.7 Å². The van der Waals surface area contributed by atoms with Gasteiger partial charge in [-0.2, -0.15) is 0 Å². The summed E-state index contributed by atoms with van der Waals surface area (Å²) >= 11 is 0. The molecule has 1 N–H and O–H groups in total. The van der Waals surface area contributed by atoms with Crippen molar-refractivity contribution in [1.82, 2.24) is 9.97 Å². The number of rotatable bonds is 3. The van der Waals surface area contributed by atoms with Crippen molar-refractivity contribution in [3.8, 4) is 22.5 Å². The van der Waals surface area contributed by atoms with Crippen LogP contribution in [0, 0.1) is 12.1 Å². The van der Waals surface area contributed by atoms with Gasteiger partial charge in [0.05, 0.1) is 5.76 Å². The van der Waals surface area contributed by atoms with Crippen LogP contribution < -0.4 is 0 Å². The first-order valence-electron chi connectivity index (χ1n) is 13.0. The van der Waals surface area contributed by atoms with E-state index in [0.29, 0.717) is 0 Å². The maximum Gasteiger partial charge on any atom is 0.155 e. The van der Waals surface area contributed by atoms with E-state index in [4.69, 9.17) is 5.11 Å². The summed E-state index contributed by atoms with van der Waals surface area (Å²) < 4.78 is 0. The van der Waals surface area contributed by atoms with Crippen LogP contribution in [0.15, 0.2) is 97.0 Å². The van der Waals surface area contributed by atoms with Gasteiger partial charge in [-0.25, -0.2) is 0 Å². The van der Waals surface area contributed by atoms with Crippen molar-refractivity contribution in [2.24, 2.45) is 0 Å². The van der Waals surface area contributed by atoms with E-state index >= 15 is 0 Å². The number of aliphatic hydroxyl groups is 1. The number of benzene rings is 2. The molecule has 0 fully saturated rings. The molecule has 0 aliphatic rings. The van der Waals surface area contributed by atoms with Crippen molar-refractivity contribution >= 4 is 5.78 Å². The molecule has 4 aromatic rings. The average Bonchev–Trinajstić information content (AvgIpc) is 2.89. The third kappa shape index (κ3) is 12.2. The van der Waals surface area contributed by atoms with E-state index in [-0.39, 0.29) is 42.5 Å². The summed E-state index contributed by atoms with van der Waals surface area (Å²) in [7, 11) is 0. The summed E-state index contributed by atoms with van der Waals surface area (Å²) in [4.78, 5) is 18.6. The van der Waals surface area contributed by atoms with E-state index < -0.39 is 0 Å². The number of hydrogen-bond acceptors (Lipinski definition) is 4. The molecule has 2 heterocycles. The Balaban J connectivity index is 0.000000320. The maximum absolute atomic E-state index is 10.0. The number of hydrogen-bond donors (Lipinski definition) is 1. The van der Waals surface area contributed by atoms with Crippen LogP contribution in [0.1, 0.15) is 66.5 Å². The van der Waals surface area contributed by atoms with E-state index in [0.717, 1.165) is 22.5 Å². The first-order chi connectivity index (χ1) is 18.3. The number of ketones is 1. The van der Waals surface area contributed by atoms with Gasteiger partial charge in [-0.1, -0.05) is 65.8 Å². The molecule has 0 amide bonds. The summed E-state index contributed by atoms with van der Waals surface area (Å²) in [5, 5.41) is 8.36. The van der Waals surface area contributed by atoms with Gasteiger partial charge in [0, 0.05) is 38.6 Å². The monoisotopic (exact) mass is 713 g/mol. The molecule has 40 heavy (non-hydrogen) atoms. The van der Waals surface area contributed by atoms with E-state index in [2.05, 4.69) is 100 Å². The Morgan fingerprint density at radius 1 is 0.700 bits per heavy atom. The SMILES string of the molecule is CC(=O)/C=C(/C)O.CC(C)(C)c1c[c-]c(-c2ccccn2)cc1.CC(C)(C)c1c[c-]c(-c2ccccn2)cc1.[Ir]. The largest absolute Gasteiger partial charge is 0.512 e. The Bertz CT molecular complexity index is 1220. The normalized spacial score (nSPS) is 11.2. The fraction of sp³-hybridized carbons (Fsp3) is 0.286. The molecule has 0 unspecified atom stereocenters. The second-order valence-electron chi connectivity index (χ2n) is 11.3. The zero-order chi connectivity index (χ0) is 29.1. The van der Waals surface area contributed by atoms with Gasteiger partial charge in [-0.15, -0.1) is 70.8 Å². The second-order valence-corrected chi connectivity index (χ2v) is 11.3. The van der Waals surface area contributed by atoms with Crippen LogP contribution in [0.5, 0.6) is 0 Å². The van der Waals surface area contributed by atoms with Gasteiger partial charge in [0.15, 0.2) is 5.78 Å². The fourth-order valence-corrected chi connectivity index (χ4v) is 3.44. The average molecular weight is 713 g/mol. The molecule has 2 aromatic carbocycles. The molecule has 0 bridgehead atoms. The number of allylic oxidation sites excluding steroid dienone is 2. The summed E-state index contributed by atoms with van der Waals surface area (Å²) in [6, 6.07) is 31.0. The van der Waals surface area contributed by atoms with Crippen LogP contribution in [-0.4, -0.2) is 20.9 Å². The van der Waals surface area contributed by atoms with E-state index in [1.807, 2.05) is 36.4 Å². The van der Waals surface area contributed by atoms with Gasteiger partial charge in [-0.3, -0.25) is 4.79 Å². The Labute approximate surface area is 254 Å². The number of carbonyl (C=O) groups excluding carboxylic acids is 1. The number of aliphatic hydroxyl groups excluding tert-OH is 1. The predicted molar refractivity (Wildman–Crippen MR) is 161 cm³/mol. The Hall–Kier alpha value is -3.40. The minimum absolute atomic E-state index is 0. The number of carbonyl (C=O) groups is 1. The third-order valence-corrected chi connectivity index (χ3v) is 5.65. The van der Waals surface area contributed by atoms with Crippen LogP contribution in [0.4, 0.5) is 0 Å². The molecule has 0 spiro atoms. The summed E-state index contributed by atoms with van der Waals surface area (Å²) in [6.07, 6.45) is 4.78. The van der Waals surface area contributed by atoms with Gasteiger partial charge in [-0.05, 0) is 48.2 Å². The molecule has 0 aliphatic carbocycles. The van der Waals surface area contributed by atoms with Crippen LogP contribution in [0.2, 0.25) is 0 Å². The van der Waals surface area contributed by atoms with Crippen molar-refractivity contribution < 1.29 is 30.0 Å². The van der Waals surface area contributed by atoms with Crippen LogP contribution >= 0.6 is 0 Å². The van der Waals surface area contributed by atoms with Gasteiger partial charge in [0.2, 0.25) is 0 Å². The Kier molecular flexibility index (Phi) is 13.9. The van der Waals surface area contributed by atoms with Crippen molar-refractivity contribution in [2.75, 3.05) is 0 Å². The fourth-order valence-electron chi connectivity index (χ4n) is 3.44. The van der Waals surface area contributed by atoms with Crippen LogP contribution in [0.3, 0.4) is 0 Å². The molecule has 0 saturated heterocycles. The molecule has 1 radical (unpaired) electrons. The van der Waals surface area contributed by atoms with Crippen molar-refractivity contribution in [3.05, 3.63) is 120 Å². The standard InChI is InChI=1S/2C15H16N.C5H8O2.Ir/c2*1-15(2,3)13-9-7-12(8-10-13)14-6-4-5-11-16-14;1-4(6)3-5(2)7;/h2*4-7,9-11H,1-3H3;3,6H,1-2H3;/q2*-1;;/b;;4-3-;. The van der Waals surface area contributed by atoms with E-state index in [1.165, 1.54) is 31.1 Å². The van der Waals surface area contributed by atoms with Crippen molar-refractivity contribution in [3.63, 3.8) is 0 Å². The zero-order valence-corrected chi connectivity index (χ0v) is 27.1. The molecule has 0 aliphatic heterocycles. The molecule has 4 nitrogen and oxygen atoms in total. The minimum Gasteiger partial charge on any atom is -0.512 e. The third-order valence-electron chi connectivity index (χ3n) is 5.65. The summed E-state index contributed by atoms with van der Waals surface area (Å²) in [5.41, 5.74) is 7.01. The smallest absolute Gasteiger partial charge is 0.155 e. The first-order valence-corrected chi connectivity index (χ1v) is 13.0. The van der Waals surface area contributed by atoms with Gasteiger partial charge >= 0.3 is 0 Å². The first kappa shape index (κ1) is 34.6. The van der Waals surface area contributed by atoms with Crippen molar-refractivity contribution in [2.45, 2.75) is 66.2 Å². The zero-order valence-electron chi connectivity index (χ0n) is 24.7. The molecule has 0 atom stereocenters. The molecular formula is C35H40IrN2O2-2. The van der Waals surface area contributed by atoms with Crippen molar-refractivity contribution in [1.29, 1.82) is 0 Å². The Morgan fingerprint density at radius 2 is 1.10 bits per heavy atom. The van der Waals surface area contributed by atoms with Gasteiger partial charge in [0.1, 0.15) is 0 Å². The molecule has 213 valence electrons. The molecule has 5 heteroatoms. The molecule has 4 rings (SSSR count). The number of pyridine rings is 2. The number of aromatic nitrogens is 2. The predicted octanol–water partition coefficient (Wildman–Crippen LogP) is 8.73. The van der Waals surface area contributed by atoms with Gasteiger partial charge < -0.3 is 15.1 Å². The quantitative estimate of drug-likeness (QED) is 0.131. The van der Waals surface area contributed by atoms with Crippen LogP contribution in [0.25, 0.3) is 22.5 Å². The molecular weight excluding hydrogens is 673 g/mol. The minimum atomic E-state index is -0.125. The van der Waals surface area contributed by atoms with E-state index in [1.54, 1.807) is 12.4 Å². The summed E-state index contributed by atoms with van der Waals surface area (Å²) in [5.74, 6) is -0.0625. The molecule has 0 saturated carbocycles. The summed E-state index contributed by atoms with van der Waals surface area (Å²) in [6.45, 7) is 16.1. The van der Waals surface area contributed by atoms with E-state index in [9.17, 15) is 4.79 Å². The second kappa shape index (κ2) is 16.0. The molecule has 2 aromatic heterocycles. The Morgan fingerprint density at radius 3 is 1.30 bits per heavy atom. The van der Waals surface area contributed by atoms with Gasteiger partial charge in [0.25, 0.3) is 0 Å². The maximum atomic E-state index is 10.0. The number of nitrogens with zero attached hydrogens (tertiary/aromatic N) is 2. The topological polar surface area (TPSA) is 63.1 Å².